The van der Waals surface area contributed by atoms with Crippen molar-refractivity contribution in [2.45, 2.75) is 45.7 Å². The zero-order chi connectivity index (χ0) is 17.6. The van der Waals surface area contributed by atoms with E-state index in [0.717, 1.165) is 63.5 Å². The number of likely N-dealkylation sites (tertiary alicyclic amines) is 1. The van der Waals surface area contributed by atoms with E-state index < -0.39 is 0 Å². The summed E-state index contributed by atoms with van der Waals surface area (Å²) < 4.78 is 0. The van der Waals surface area contributed by atoms with Gasteiger partial charge in [-0.25, -0.2) is 9.78 Å². The smallest absolute Gasteiger partial charge is 0.317 e. The lowest BCUT2D eigenvalue weighted by Crippen LogP contribution is -2.47. The molecule has 0 bridgehead atoms. The van der Waals surface area contributed by atoms with Gasteiger partial charge in [0.2, 0.25) is 0 Å². The lowest BCUT2D eigenvalue weighted by Gasteiger charge is -2.34. The van der Waals surface area contributed by atoms with Crippen molar-refractivity contribution in [3.8, 4) is 0 Å². The number of likely N-dealkylation sites (N-methyl/N-ethyl adjacent to an activating group) is 1. The van der Waals surface area contributed by atoms with Crippen LogP contribution < -0.4 is 10.2 Å². The second-order valence-electron chi connectivity index (χ2n) is 7.14. The van der Waals surface area contributed by atoms with Crippen LogP contribution in [0.25, 0.3) is 0 Å². The number of piperidine rings is 1. The van der Waals surface area contributed by atoms with Gasteiger partial charge in [-0.3, -0.25) is 0 Å². The fourth-order valence-corrected chi connectivity index (χ4v) is 3.68. The van der Waals surface area contributed by atoms with Crippen LogP contribution in [0, 0.1) is 0 Å². The summed E-state index contributed by atoms with van der Waals surface area (Å²) in [5, 5.41) is 3.04. The number of hydrogen-bond donors (Lipinski definition) is 1. The van der Waals surface area contributed by atoms with E-state index in [0.29, 0.717) is 12.6 Å². The third-order valence-electron chi connectivity index (χ3n) is 5.46. The number of rotatable bonds is 4. The summed E-state index contributed by atoms with van der Waals surface area (Å²) in [5.74, 6) is 1.04. The fraction of sp³-hybridized carbons (Fsp3) is 0.684. The van der Waals surface area contributed by atoms with Crippen LogP contribution in [0.15, 0.2) is 18.3 Å². The van der Waals surface area contributed by atoms with E-state index in [1.807, 2.05) is 11.1 Å². The Hall–Kier alpha value is -1.82. The van der Waals surface area contributed by atoms with Gasteiger partial charge in [-0.15, -0.1) is 0 Å². The maximum atomic E-state index is 12.3. The van der Waals surface area contributed by atoms with E-state index in [2.05, 4.69) is 46.1 Å². The number of hydrogen-bond acceptors (Lipinski definition) is 4. The first kappa shape index (κ1) is 18.0. The summed E-state index contributed by atoms with van der Waals surface area (Å²) in [5.41, 5.74) is 1.05. The molecule has 1 atom stereocenters. The Morgan fingerprint density at radius 3 is 2.64 bits per heavy atom. The molecule has 0 saturated carbocycles. The quantitative estimate of drug-likeness (QED) is 0.910. The van der Waals surface area contributed by atoms with E-state index in [1.54, 1.807) is 0 Å². The fourth-order valence-electron chi connectivity index (χ4n) is 3.68. The molecule has 1 unspecified atom stereocenters. The molecule has 2 aliphatic rings. The summed E-state index contributed by atoms with van der Waals surface area (Å²) in [6.07, 6.45) is 5.33. The van der Waals surface area contributed by atoms with Crippen molar-refractivity contribution in [2.24, 2.45) is 0 Å². The molecule has 0 aromatic carbocycles. The zero-order valence-corrected chi connectivity index (χ0v) is 15.6. The topological polar surface area (TPSA) is 51.7 Å². The number of anilines is 1. The van der Waals surface area contributed by atoms with Crippen LogP contribution in [0.2, 0.25) is 0 Å². The van der Waals surface area contributed by atoms with Crippen LogP contribution >= 0.6 is 0 Å². The standard InChI is InChI=1S/C19H31N5O/c1-3-22-10-12-23(13-11-22)18-8-7-17(14-20-18)15-21-19(25)24-9-5-4-6-16(24)2/h7-8,14,16H,3-6,9-13,15H2,1-2H3,(H,21,25). The van der Waals surface area contributed by atoms with Gasteiger partial charge in [-0.05, 0) is 44.4 Å². The molecule has 6 heteroatoms. The van der Waals surface area contributed by atoms with Gasteiger partial charge in [-0.2, -0.15) is 0 Å². The van der Waals surface area contributed by atoms with Crippen molar-refractivity contribution >= 4 is 11.8 Å². The monoisotopic (exact) mass is 345 g/mol. The van der Waals surface area contributed by atoms with Crippen molar-refractivity contribution in [3.63, 3.8) is 0 Å². The van der Waals surface area contributed by atoms with Gasteiger partial charge in [0.1, 0.15) is 5.82 Å². The molecule has 138 valence electrons. The van der Waals surface area contributed by atoms with E-state index >= 15 is 0 Å². The number of carbonyl (C=O) groups excluding carboxylic acids is 1. The van der Waals surface area contributed by atoms with Crippen molar-refractivity contribution in [1.29, 1.82) is 0 Å². The molecule has 6 nitrogen and oxygen atoms in total. The van der Waals surface area contributed by atoms with Gasteiger partial charge in [-0.1, -0.05) is 13.0 Å². The first-order chi connectivity index (χ1) is 12.2. The minimum Gasteiger partial charge on any atom is -0.354 e. The number of nitrogens with one attached hydrogen (secondary N) is 1. The second-order valence-corrected chi connectivity index (χ2v) is 7.14. The van der Waals surface area contributed by atoms with E-state index in [9.17, 15) is 4.79 Å². The number of piperazine rings is 1. The first-order valence-corrected chi connectivity index (χ1v) is 9.64. The van der Waals surface area contributed by atoms with Crippen LogP contribution in [0.1, 0.15) is 38.7 Å². The molecule has 0 radical (unpaired) electrons. The molecule has 2 saturated heterocycles. The zero-order valence-electron chi connectivity index (χ0n) is 15.6. The predicted octanol–water partition coefficient (Wildman–Crippen LogP) is 2.31. The highest BCUT2D eigenvalue weighted by Crippen LogP contribution is 2.17. The minimum atomic E-state index is 0.0481. The highest BCUT2D eigenvalue weighted by atomic mass is 16.2. The summed E-state index contributed by atoms with van der Waals surface area (Å²) in [6, 6.07) is 4.55. The van der Waals surface area contributed by atoms with E-state index in [4.69, 9.17) is 0 Å². The number of amides is 2. The average Bonchev–Trinajstić information content (AvgIpc) is 2.67. The number of nitrogens with zero attached hydrogens (tertiary/aromatic N) is 4. The van der Waals surface area contributed by atoms with Gasteiger partial charge in [0.15, 0.2) is 0 Å². The highest BCUT2D eigenvalue weighted by Gasteiger charge is 2.22. The Morgan fingerprint density at radius 1 is 1.20 bits per heavy atom. The lowest BCUT2D eigenvalue weighted by atomic mass is 10.0. The Balaban J connectivity index is 1.48. The van der Waals surface area contributed by atoms with Crippen molar-refractivity contribution in [2.75, 3.05) is 44.2 Å². The Kier molecular flexibility index (Phi) is 6.13. The second kappa shape index (κ2) is 8.52. The Bertz CT molecular complexity index is 553. The average molecular weight is 345 g/mol. The molecule has 3 heterocycles. The van der Waals surface area contributed by atoms with E-state index in [1.165, 1.54) is 6.42 Å². The summed E-state index contributed by atoms with van der Waals surface area (Å²) in [4.78, 5) is 23.7. The van der Waals surface area contributed by atoms with Crippen LogP contribution in [0.5, 0.6) is 0 Å². The first-order valence-electron chi connectivity index (χ1n) is 9.64. The van der Waals surface area contributed by atoms with Crippen molar-refractivity contribution in [3.05, 3.63) is 23.9 Å². The highest BCUT2D eigenvalue weighted by molar-refractivity contribution is 5.74. The summed E-state index contributed by atoms with van der Waals surface area (Å²) >= 11 is 0. The Morgan fingerprint density at radius 2 is 2.00 bits per heavy atom. The molecule has 2 fully saturated rings. The molecule has 1 aromatic rings. The van der Waals surface area contributed by atoms with Crippen LogP contribution in [-0.2, 0) is 6.54 Å². The Labute approximate surface area is 151 Å². The molecule has 0 aliphatic carbocycles. The third-order valence-corrected chi connectivity index (χ3v) is 5.46. The maximum absolute atomic E-state index is 12.3. The third kappa shape index (κ3) is 4.63. The van der Waals surface area contributed by atoms with Crippen molar-refractivity contribution < 1.29 is 4.79 Å². The van der Waals surface area contributed by atoms with Gasteiger partial charge < -0.3 is 20.0 Å². The molecule has 1 aromatic heterocycles. The molecule has 0 spiro atoms. The number of aromatic nitrogens is 1. The molecule has 1 N–H and O–H groups in total. The predicted molar refractivity (Wildman–Crippen MR) is 101 cm³/mol. The number of urea groups is 1. The number of carbonyl (C=O) groups is 1. The molecule has 2 aliphatic heterocycles. The number of pyridine rings is 1. The van der Waals surface area contributed by atoms with E-state index in [-0.39, 0.29) is 6.03 Å². The molecular weight excluding hydrogens is 314 g/mol. The molecule has 3 rings (SSSR count). The molecule has 2 amide bonds. The SMILES string of the molecule is CCN1CCN(c2ccc(CNC(=O)N3CCCCC3C)cn2)CC1. The van der Waals surface area contributed by atoms with Gasteiger partial charge in [0, 0.05) is 51.5 Å². The summed E-state index contributed by atoms with van der Waals surface area (Å²) in [6.45, 7) is 11.1. The van der Waals surface area contributed by atoms with Crippen LogP contribution in [-0.4, -0.2) is 66.1 Å². The van der Waals surface area contributed by atoms with Gasteiger partial charge >= 0.3 is 6.03 Å². The largest absolute Gasteiger partial charge is 0.354 e. The van der Waals surface area contributed by atoms with Crippen LogP contribution in [0.3, 0.4) is 0 Å². The minimum absolute atomic E-state index is 0.0481. The molecule has 25 heavy (non-hydrogen) atoms. The normalized spacial score (nSPS) is 22.1. The van der Waals surface area contributed by atoms with Gasteiger partial charge in [0.05, 0.1) is 0 Å². The van der Waals surface area contributed by atoms with Gasteiger partial charge in [0.25, 0.3) is 0 Å². The summed E-state index contributed by atoms with van der Waals surface area (Å²) in [7, 11) is 0. The van der Waals surface area contributed by atoms with Crippen LogP contribution in [0.4, 0.5) is 10.6 Å². The van der Waals surface area contributed by atoms with Crippen molar-refractivity contribution in [1.82, 2.24) is 20.1 Å². The maximum Gasteiger partial charge on any atom is 0.317 e. The lowest BCUT2D eigenvalue weighted by molar-refractivity contribution is 0.158. The molecular formula is C19H31N5O.